The molecule has 238 valence electrons. The van der Waals surface area contributed by atoms with Crippen molar-refractivity contribution in [3.63, 3.8) is 0 Å². The Morgan fingerprint density at radius 1 is 0.353 bits per heavy atom. The van der Waals surface area contributed by atoms with Crippen LogP contribution in [0.25, 0.3) is 83.9 Å². The summed E-state index contributed by atoms with van der Waals surface area (Å²) in [6.45, 7) is 0. The number of benzene rings is 7. The van der Waals surface area contributed by atoms with Gasteiger partial charge in [-0.15, -0.1) is 0 Å². The summed E-state index contributed by atoms with van der Waals surface area (Å²) in [5.74, 6) is 1.86. The molecule has 10 rings (SSSR count). The molecule has 0 fully saturated rings. The summed E-state index contributed by atoms with van der Waals surface area (Å²) in [7, 11) is 0. The number of ketones is 1. The fourth-order valence-corrected chi connectivity index (χ4v) is 7.50. The molecule has 5 heteroatoms. The normalized spacial score (nSPS) is 12.0. The molecular formula is C46H28N4O. The van der Waals surface area contributed by atoms with Crippen molar-refractivity contribution in [2.45, 2.75) is 0 Å². The Kier molecular flexibility index (Phi) is 6.58. The highest BCUT2D eigenvalue weighted by Gasteiger charge is 2.33. The van der Waals surface area contributed by atoms with Gasteiger partial charge in [-0.1, -0.05) is 152 Å². The summed E-state index contributed by atoms with van der Waals surface area (Å²) in [5.41, 5.74) is 11.0. The molecular weight excluding hydrogens is 625 g/mol. The van der Waals surface area contributed by atoms with Crippen LogP contribution in [0.3, 0.4) is 0 Å². The van der Waals surface area contributed by atoms with Crippen LogP contribution in [0.15, 0.2) is 170 Å². The third-order valence-electron chi connectivity index (χ3n) is 9.83. The lowest BCUT2D eigenvalue weighted by Crippen LogP contribution is -2.05. The van der Waals surface area contributed by atoms with E-state index < -0.39 is 0 Å². The first-order valence-electron chi connectivity index (χ1n) is 17.0. The Bertz CT molecular complexity index is 2690. The van der Waals surface area contributed by atoms with Gasteiger partial charge in [0, 0.05) is 33.0 Å². The van der Waals surface area contributed by atoms with Crippen LogP contribution in [0.4, 0.5) is 0 Å². The monoisotopic (exact) mass is 652 g/mol. The zero-order valence-electron chi connectivity index (χ0n) is 27.4. The Labute approximate surface area is 294 Å². The molecule has 0 N–H and O–H groups in total. The lowest BCUT2D eigenvalue weighted by molar-refractivity contribution is 0.104. The second-order valence-electron chi connectivity index (χ2n) is 12.7. The van der Waals surface area contributed by atoms with Crippen LogP contribution in [-0.4, -0.2) is 25.3 Å². The summed E-state index contributed by atoms with van der Waals surface area (Å²) in [6.07, 6.45) is 0. The van der Waals surface area contributed by atoms with Gasteiger partial charge in [-0.2, -0.15) is 0 Å². The van der Waals surface area contributed by atoms with Crippen LogP contribution in [0.2, 0.25) is 0 Å². The van der Waals surface area contributed by atoms with Crippen LogP contribution in [0.1, 0.15) is 15.9 Å². The van der Waals surface area contributed by atoms with E-state index in [-0.39, 0.29) is 5.78 Å². The maximum Gasteiger partial charge on any atom is 0.197 e. The van der Waals surface area contributed by atoms with Crippen molar-refractivity contribution in [1.82, 2.24) is 19.5 Å². The smallest absolute Gasteiger partial charge is 0.197 e. The topological polar surface area (TPSA) is 60.7 Å². The van der Waals surface area contributed by atoms with Crippen LogP contribution >= 0.6 is 0 Å². The molecule has 5 nitrogen and oxygen atoms in total. The standard InChI is InChI=1S/C46H28N4O/c51-43-41-33(29-25-27-32(28-26-29)46-48-44(30-13-3-1-4-14-30)47-45(49-46)31-15-5-2-6-16-31)19-11-20-36(41)37-21-12-24-40(42(37)43)50-38-22-9-7-17-34(38)35-18-8-10-23-39(35)50/h1-28H. The molecule has 0 bridgehead atoms. The highest BCUT2D eigenvalue weighted by atomic mass is 16.1. The summed E-state index contributed by atoms with van der Waals surface area (Å²) in [6, 6.07) is 57.3. The van der Waals surface area contributed by atoms with E-state index >= 15 is 0 Å². The first-order chi connectivity index (χ1) is 25.2. The first kappa shape index (κ1) is 29.0. The number of hydrogen-bond acceptors (Lipinski definition) is 4. The van der Waals surface area contributed by atoms with Gasteiger partial charge in [-0.25, -0.2) is 15.0 Å². The van der Waals surface area contributed by atoms with E-state index in [1.165, 1.54) is 10.8 Å². The summed E-state index contributed by atoms with van der Waals surface area (Å²) >= 11 is 0. The molecule has 7 aromatic carbocycles. The number of fused-ring (bicyclic) bond motifs is 6. The fourth-order valence-electron chi connectivity index (χ4n) is 7.50. The van der Waals surface area contributed by atoms with Gasteiger partial charge in [0.05, 0.1) is 22.3 Å². The predicted octanol–water partition coefficient (Wildman–Crippen LogP) is 10.8. The number of hydrogen-bond donors (Lipinski definition) is 0. The van der Waals surface area contributed by atoms with Gasteiger partial charge in [0.2, 0.25) is 0 Å². The summed E-state index contributed by atoms with van der Waals surface area (Å²) < 4.78 is 2.24. The number of rotatable bonds is 5. The molecule has 0 atom stereocenters. The molecule has 1 aliphatic rings. The van der Waals surface area contributed by atoms with Gasteiger partial charge in [-0.05, 0) is 40.5 Å². The van der Waals surface area contributed by atoms with Gasteiger partial charge in [0.1, 0.15) is 0 Å². The molecule has 0 aliphatic heterocycles. The van der Waals surface area contributed by atoms with Crippen molar-refractivity contribution in [3.8, 4) is 62.1 Å². The van der Waals surface area contributed by atoms with E-state index in [1.807, 2.05) is 84.9 Å². The van der Waals surface area contributed by atoms with Gasteiger partial charge < -0.3 is 4.57 Å². The molecule has 0 saturated heterocycles. The Morgan fingerprint density at radius 2 is 0.784 bits per heavy atom. The molecule has 9 aromatic rings. The summed E-state index contributed by atoms with van der Waals surface area (Å²) in [5, 5.41) is 2.33. The molecule has 0 spiro atoms. The number of carbonyl (C=O) groups is 1. The van der Waals surface area contributed by atoms with E-state index in [2.05, 4.69) is 89.5 Å². The van der Waals surface area contributed by atoms with Crippen molar-refractivity contribution < 1.29 is 4.79 Å². The first-order valence-corrected chi connectivity index (χ1v) is 17.0. The second-order valence-corrected chi connectivity index (χ2v) is 12.7. The Hall–Kier alpha value is -6.98. The highest BCUT2D eigenvalue weighted by molar-refractivity contribution is 6.27. The quantitative estimate of drug-likeness (QED) is 0.186. The van der Waals surface area contributed by atoms with Gasteiger partial charge in [-0.3, -0.25) is 4.79 Å². The average molecular weight is 653 g/mol. The van der Waals surface area contributed by atoms with E-state index in [9.17, 15) is 4.79 Å². The minimum Gasteiger partial charge on any atom is -0.308 e. The zero-order valence-corrected chi connectivity index (χ0v) is 27.4. The fraction of sp³-hybridized carbons (Fsp3) is 0. The van der Waals surface area contributed by atoms with Crippen LogP contribution in [0, 0.1) is 0 Å². The average Bonchev–Trinajstić information content (AvgIpc) is 3.70. The van der Waals surface area contributed by atoms with Gasteiger partial charge in [0.25, 0.3) is 0 Å². The van der Waals surface area contributed by atoms with Crippen molar-refractivity contribution in [2.24, 2.45) is 0 Å². The molecule has 2 aromatic heterocycles. The van der Waals surface area contributed by atoms with E-state index in [1.54, 1.807) is 0 Å². The number of carbonyl (C=O) groups excluding carboxylic acids is 1. The van der Waals surface area contributed by atoms with Gasteiger partial charge in [0.15, 0.2) is 23.3 Å². The van der Waals surface area contributed by atoms with Crippen molar-refractivity contribution >= 4 is 27.6 Å². The van der Waals surface area contributed by atoms with Crippen LogP contribution < -0.4 is 0 Å². The van der Waals surface area contributed by atoms with Crippen molar-refractivity contribution in [1.29, 1.82) is 0 Å². The Balaban J connectivity index is 1.07. The molecule has 0 unspecified atom stereocenters. The minimum absolute atomic E-state index is 0.0367. The lowest BCUT2D eigenvalue weighted by atomic mass is 9.94. The zero-order chi connectivity index (χ0) is 33.9. The molecule has 0 radical (unpaired) electrons. The minimum atomic E-state index is 0.0367. The lowest BCUT2D eigenvalue weighted by Gasteiger charge is -2.12. The van der Waals surface area contributed by atoms with E-state index in [0.717, 1.165) is 66.8 Å². The molecule has 0 amide bonds. The van der Waals surface area contributed by atoms with Crippen molar-refractivity contribution in [2.75, 3.05) is 0 Å². The predicted molar refractivity (Wildman–Crippen MR) is 205 cm³/mol. The van der Waals surface area contributed by atoms with Crippen LogP contribution in [0.5, 0.6) is 0 Å². The molecule has 2 heterocycles. The third kappa shape index (κ3) is 4.63. The SMILES string of the molecule is O=C1c2c(-c3ccc(-c4nc(-c5ccccc5)nc(-c5ccccc5)n4)cc3)cccc2-c2cccc(-n3c4ccccc4c4ccccc43)c21. The number of nitrogens with zero attached hydrogens (tertiary/aromatic N) is 4. The highest BCUT2D eigenvalue weighted by Crippen LogP contribution is 2.45. The largest absolute Gasteiger partial charge is 0.308 e. The van der Waals surface area contributed by atoms with Crippen LogP contribution in [-0.2, 0) is 0 Å². The third-order valence-corrected chi connectivity index (χ3v) is 9.83. The number of aromatic nitrogens is 4. The van der Waals surface area contributed by atoms with E-state index in [4.69, 9.17) is 15.0 Å². The van der Waals surface area contributed by atoms with Crippen molar-refractivity contribution in [3.05, 3.63) is 181 Å². The molecule has 0 saturated carbocycles. The molecule has 1 aliphatic carbocycles. The maximum atomic E-state index is 14.7. The second kappa shape index (κ2) is 11.6. The Morgan fingerprint density at radius 3 is 1.35 bits per heavy atom. The van der Waals surface area contributed by atoms with E-state index in [0.29, 0.717) is 17.5 Å². The molecule has 51 heavy (non-hydrogen) atoms. The summed E-state index contributed by atoms with van der Waals surface area (Å²) in [4.78, 5) is 29.3. The van der Waals surface area contributed by atoms with Gasteiger partial charge >= 0.3 is 0 Å². The maximum absolute atomic E-state index is 14.7. The number of para-hydroxylation sites is 2.